The Morgan fingerprint density at radius 1 is 1.35 bits per heavy atom. The number of H-pyrrole nitrogens is 1. The number of nitrogens with one attached hydrogen (secondary N) is 3. The van der Waals surface area contributed by atoms with Crippen molar-refractivity contribution >= 4 is 28.7 Å². The van der Waals surface area contributed by atoms with Crippen LogP contribution in [0.3, 0.4) is 0 Å². The Balaban J connectivity index is 1.51. The van der Waals surface area contributed by atoms with Crippen molar-refractivity contribution in [2.75, 3.05) is 5.32 Å². The van der Waals surface area contributed by atoms with Crippen molar-refractivity contribution in [3.05, 3.63) is 47.8 Å². The molecule has 2 aromatic rings. The molecular weight excluding hydrogens is 330 g/mol. The van der Waals surface area contributed by atoms with Crippen molar-refractivity contribution in [1.29, 1.82) is 0 Å². The highest BCUT2D eigenvalue weighted by Crippen LogP contribution is 2.25. The van der Waals surface area contributed by atoms with Gasteiger partial charge >= 0.3 is 12.1 Å². The van der Waals surface area contributed by atoms with Crippen molar-refractivity contribution in [3.8, 4) is 0 Å². The molecule has 2 aliphatic rings. The summed E-state index contributed by atoms with van der Waals surface area (Å²) in [5.41, 5.74) is 3.36. The SMILES string of the molecule is CC1=CC(C2=CCCCC2)NC(=O)N1C(=O)Nc1ccc2[nH]ncc2c1. The third kappa shape index (κ3) is 3.08. The van der Waals surface area contributed by atoms with Crippen molar-refractivity contribution in [2.24, 2.45) is 0 Å². The minimum atomic E-state index is -0.477. The molecule has 7 heteroatoms. The smallest absolute Gasteiger partial charge is 0.327 e. The summed E-state index contributed by atoms with van der Waals surface area (Å²) < 4.78 is 0. The molecular formula is C19H21N5O2. The minimum absolute atomic E-state index is 0.117. The summed E-state index contributed by atoms with van der Waals surface area (Å²) in [6.45, 7) is 1.79. The number of allylic oxidation sites excluding steroid dienone is 2. The van der Waals surface area contributed by atoms with Crippen LogP contribution in [0.1, 0.15) is 32.6 Å². The van der Waals surface area contributed by atoms with Gasteiger partial charge in [-0.15, -0.1) is 0 Å². The predicted octanol–water partition coefficient (Wildman–Crippen LogP) is 3.89. The van der Waals surface area contributed by atoms with Gasteiger partial charge in [-0.1, -0.05) is 6.08 Å². The van der Waals surface area contributed by atoms with Crippen LogP contribution in [0.4, 0.5) is 15.3 Å². The van der Waals surface area contributed by atoms with Gasteiger partial charge < -0.3 is 10.6 Å². The van der Waals surface area contributed by atoms with Gasteiger partial charge in [-0.05, 0) is 62.5 Å². The first-order valence-corrected chi connectivity index (χ1v) is 8.84. The number of nitrogens with zero attached hydrogens (tertiary/aromatic N) is 2. The first-order valence-electron chi connectivity index (χ1n) is 8.84. The van der Waals surface area contributed by atoms with Gasteiger partial charge in [0.1, 0.15) is 0 Å². The Labute approximate surface area is 151 Å². The zero-order chi connectivity index (χ0) is 18.1. The number of aromatic amines is 1. The molecule has 0 radical (unpaired) electrons. The molecule has 0 bridgehead atoms. The number of carbonyl (C=O) groups excluding carboxylic acids is 2. The highest BCUT2D eigenvalue weighted by molar-refractivity contribution is 6.03. The van der Waals surface area contributed by atoms with Crippen LogP contribution >= 0.6 is 0 Å². The van der Waals surface area contributed by atoms with Crippen LogP contribution in [0.5, 0.6) is 0 Å². The molecule has 4 rings (SSSR count). The molecule has 134 valence electrons. The lowest BCUT2D eigenvalue weighted by atomic mass is 9.92. The van der Waals surface area contributed by atoms with Crippen LogP contribution in [-0.2, 0) is 0 Å². The molecule has 1 aliphatic carbocycles. The molecule has 1 atom stereocenters. The molecule has 1 aromatic carbocycles. The number of anilines is 1. The fourth-order valence-electron chi connectivity index (χ4n) is 3.51. The largest absolute Gasteiger partial charge is 0.334 e. The Morgan fingerprint density at radius 2 is 2.23 bits per heavy atom. The van der Waals surface area contributed by atoms with E-state index in [1.54, 1.807) is 19.2 Å². The lowest BCUT2D eigenvalue weighted by Crippen LogP contribution is -2.52. The number of hydrogen-bond donors (Lipinski definition) is 3. The van der Waals surface area contributed by atoms with Crippen LogP contribution in [-0.4, -0.2) is 33.2 Å². The van der Waals surface area contributed by atoms with Crippen LogP contribution < -0.4 is 10.6 Å². The average Bonchev–Trinajstić information content (AvgIpc) is 3.09. The summed E-state index contributed by atoms with van der Waals surface area (Å²) in [7, 11) is 0. The van der Waals surface area contributed by atoms with Crippen molar-refractivity contribution in [3.63, 3.8) is 0 Å². The molecule has 1 aromatic heterocycles. The van der Waals surface area contributed by atoms with Gasteiger partial charge in [0.2, 0.25) is 0 Å². The standard InChI is InChI=1S/C19H21N5O2/c1-12-9-17(13-5-3-2-4-6-13)22-19(26)24(12)18(25)21-15-7-8-16-14(10-15)11-20-23-16/h5,7-11,17H,2-4,6H2,1H3,(H,20,23)(H,21,25)(H,22,26). The lowest BCUT2D eigenvalue weighted by molar-refractivity contribution is 0.200. The van der Waals surface area contributed by atoms with Gasteiger partial charge in [-0.25, -0.2) is 14.5 Å². The quantitative estimate of drug-likeness (QED) is 0.717. The second-order valence-electron chi connectivity index (χ2n) is 6.70. The maximum atomic E-state index is 12.6. The van der Waals surface area contributed by atoms with Gasteiger partial charge in [-0.3, -0.25) is 5.10 Å². The summed E-state index contributed by atoms with van der Waals surface area (Å²) in [6.07, 6.45) is 10.2. The van der Waals surface area contributed by atoms with Crippen LogP contribution in [0.25, 0.3) is 10.9 Å². The molecule has 1 unspecified atom stereocenters. The lowest BCUT2D eigenvalue weighted by Gasteiger charge is -2.32. The molecule has 0 fully saturated rings. The summed E-state index contributed by atoms with van der Waals surface area (Å²) in [5, 5.41) is 13.4. The number of aromatic nitrogens is 2. The molecule has 26 heavy (non-hydrogen) atoms. The zero-order valence-electron chi connectivity index (χ0n) is 14.6. The number of hydrogen-bond acceptors (Lipinski definition) is 3. The summed E-state index contributed by atoms with van der Waals surface area (Å²) in [6, 6.07) is 4.43. The first-order chi connectivity index (χ1) is 12.6. The molecule has 2 heterocycles. The van der Waals surface area contributed by atoms with E-state index >= 15 is 0 Å². The van der Waals surface area contributed by atoms with Crippen LogP contribution in [0, 0.1) is 0 Å². The van der Waals surface area contributed by atoms with Crippen molar-refractivity contribution in [2.45, 2.75) is 38.6 Å². The van der Waals surface area contributed by atoms with Gasteiger partial charge in [0, 0.05) is 16.8 Å². The Hall–Kier alpha value is -3.09. The van der Waals surface area contributed by atoms with E-state index in [0.29, 0.717) is 11.4 Å². The van der Waals surface area contributed by atoms with Gasteiger partial charge in [0.25, 0.3) is 0 Å². The number of amides is 4. The first kappa shape index (κ1) is 16.4. The number of rotatable bonds is 2. The normalized spacial score (nSPS) is 20.4. The number of benzene rings is 1. The summed E-state index contributed by atoms with van der Waals surface area (Å²) >= 11 is 0. The fraction of sp³-hybridized carbons (Fsp3) is 0.316. The third-order valence-corrected chi connectivity index (χ3v) is 4.86. The van der Waals surface area contributed by atoms with E-state index < -0.39 is 12.1 Å². The molecule has 7 nitrogen and oxygen atoms in total. The molecule has 0 saturated carbocycles. The molecule has 3 N–H and O–H groups in total. The molecule has 1 aliphatic heterocycles. The second kappa shape index (κ2) is 6.67. The van der Waals surface area contributed by atoms with E-state index in [0.717, 1.165) is 35.1 Å². The van der Waals surface area contributed by atoms with Gasteiger partial charge in [0.15, 0.2) is 0 Å². The fourth-order valence-corrected chi connectivity index (χ4v) is 3.51. The van der Waals surface area contributed by atoms with Crippen molar-refractivity contribution in [1.82, 2.24) is 20.4 Å². The monoisotopic (exact) mass is 351 g/mol. The minimum Gasteiger partial charge on any atom is -0.327 e. The average molecular weight is 351 g/mol. The summed E-state index contributed by atoms with van der Waals surface area (Å²) in [5.74, 6) is 0. The number of carbonyl (C=O) groups is 2. The summed E-state index contributed by atoms with van der Waals surface area (Å²) in [4.78, 5) is 26.3. The van der Waals surface area contributed by atoms with E-state index in [1.807, 2.05) is 18.2 Å². The van der Waals surface area contributed by atoms with Crippen LogP contribution in [0.15, 0.2) is 47.8 Å². The van der Waals surface area contributed by atoms with E-state index in [-0.39, 0.29) is 6.04 Å². The number of urea groups is 2. The van der Waals surface area contributed by atoms with E-state index in [9.17, 15) is 9.59 Å². The Bertz CT molecular complexity index is 927. The van der Waals surface area contributed by atoms with E-state index in [1.165, 1.54) is 12.0 Å². The maximum absolute atomic E-state index is 12.6. The molecule has 4 amide bonds. The van der Waals surface area contributed by atoms with Crippen LogP contribution in [0.2, 0.25) is 0 Å². The zero-order valence-corrected chi connectivity index (χ0v) is 14.6. The Kier molecular flexibility index (Phi) is 4.20. The highest BCUT2D eigenvalue weighted by atomic mass is 16.2. The third-order valence-electron chi connectivity index (χ3n) is 4.86. The Morgan fingerprint density at radius 3 is 3.00 bits per heavy atom. The van der Waals surface area contributed by atoms with Gasteiger partial charge in [-0.2, -0.15) is 5.10 Å². The van der Waals surface area contributed by atoms with Crippen molar-refractivity contribution < 1.29 is 9.59 Å². The number of fused-ring (bicyclic) bond motifs is 1. The van der Waals surface area contributed by atoms with Gasteiger partial charge in [0.05, 0.1) is 17.8 Å². The van der Waals surface area contributed by atoms with E-state index in [2.05, 4.69) is 26.9 Å². The second-order valence-corrected chi connectivity index (χ2v) is 6.70. The topological polar surface area (TPSA) is 90.1 Å². The predicted molar refractivity (Wildman–Crippen MR) is 99.6 cm³/mol. The molecule has 0 spiro atoms. The maximum Gasteiger partial charge on any atom is 0.334 e. The van der Waals surface area contributed by atoms with E-state index in [4.69, 9.17) is 0 Å². The number of imide groups is 1. The highest BCUT2D eigenvalue weighted by Gasteiger charge is 2.31. The molecule has 0 saturated heterocycles.